The lowest BCUT2D eigenvalue weighted by atomic mass is 10.3. The van der Waals surface area contributed by atoms with E-state index >= 15 is 0 Å². The summed E-state index contributed by atoms with van der Waals surface area (Å²) in [6.07, 6.45) is 1.53. The highest BCUT2D eigenvalue weighted by Crippen LogP contribution is 2.26. The molecule has 6 heteroatoms. The van der Waals surface area contributed by atoms with Crippen LogP contribution in [0, 0.1) is 0 Å². The van der Waals surface area contributed by atoms with Gasteiger partial charge in [-0.2, -0.15) is 0 Å². The molecule has 96 valence electrons. The zero-order valence-corrected chi connectivity index (χ0v) is 11.2. The fourth-order valence-corrected chi connectivity index (χ4v) is 2.46. The molecule has 0 atom stereocenters. The summed E-state index contributed by atoms with van der Waals surface area (Å²) in [5.41, 5.74) is 0. The van der Waals surface area contributed by atoms with Crippen molar-refractivity contribution < 1.29 is 9.53 Å². The van der Waals surface area contributed by atoms with E-state index in [1.807, 2.05) is 23.3 Å². The molecular weight excluding hydrogens is 250 g/mol. The minimum atomic E-state index is -0.235. The number of fused-ring (bicyclic) bond motifs is 1. The molecule has 2 heterocycles. The Morgan fingerprint density at radius 1 is 1.44 bits per heavy atom. The zero-order valence-electron chi connectivity index (χ0n) is 10.4. The Bertz CT molecular complexity index is 541. The van der Waals surface area contributed by atoms with E-state index in [0.717, 1.165) is 16.0 Å². The third-order valence-corrected chi connectivity index (χ3v) is 3.37. The molecular formula is C12H15N3O2S. The van der Waals surface area contributed by atoms with Crippen LogP contribution in [0.1, 0.15) is 13.8 Å². The van der Waals surface area contributed by atoms with Gasteiger partial charge in [0.05, 0.1) is 12.0 Å². The van der Waals surface area contributed by atoms with Crippen molar-refractivity contribution in [2.45, 2.75) is 13.8 Å². The molecule has 0 fully saturated rings. The number of carbonyl (C=O) groups excluding carboxylic acids is 1. The first-order valence-corrected chi connectivity index (χ1v) is 6.73. The van der Waals surface area contributed by atoms with E-state index in [9.17, 15) is 4.79 Å². The molecule has 0 aliphatic carbocycles. The maximum Gasteiger partial charge on any atom is 0.325 e. The van der Waals surface area contributed by atoms with Crippen molar-refractivity contribution in [3.63, 3.8) is 0 Å². The number of esters is 1. The molecule has 18 heavy (non-hydrogen) atoms. The molecule has 2 rings (SSSR count). The largest absolute Gasteiger partial charge is 0.465 e. The second-order valence-electron chi connectivity index (χ2n) is 3.66. The number of ether oxygens (including phenoxy) is 1. The van der Waals surface area contributed by atoms with Crippen LogP contribution in [0.4, 0.5) is 5.82 Å². The highest BCUT2D eigenvalue weighted by Gasteiger charge is 2.15. The van der Waals surface area contributed by atoms with E-state index < -0.39 is 0 Å². The van der Waals surface area contributed by atoms with Crippen molar-refractivity contribution in [2.24, 2.45) is 0 Å². The molecule has 0 unspecified atom stereocenters. The summed E-state index contributed by atoms with van der Waals surface area (Å²) in [7, 11) is 0. The Morgan fingerprint density at radius 2 is 2.28 bits per heavy atom. The molecule has 0 radical (unpaired) electrons. The Kier molecular flexibility index (Phi) is 4.09. The summed E-state index contributed by atoms with van der Waals surface area (Å²) in [6.45, 7) is 5.09. The van der Waals surface area contributed by atoms with Gasteiger partial charge in [0.2, 0.25) is 0 Å². The molecule has 0 saturated heterocycles. The summed E-state index contributed by atoms with van der Waals surface area (Å²) in [5.74, 6) is 0.554. The minimum Gasteiger partial charge on any atom is -0.465 e. The molecule has 0 spiro atoms. The van der Waals surface area contributed by atoms with Crippen molar-refractivity contribution >= 4 is 33.3 Å². The fraction of sp³-hybridized carbons (Fsp3) is 0.417. The average molecular weight is 265 g/mol. The number of thiophene rings is 1. The van der Waals surface area contributed by atoms with Crippen LogP contribution in [0.25, 0.3) is 10.2 Å². The average Bonchev–Trinajstić information content (AvgIpc) is 2.84. The molecule has 0 aliphatic rings. The maximum atomic E-state index is 11.6. The van der Waals surface area contributed by atoms with Gasteiger partial charge in [0.15, 0.2) is 0 Å². The lowest BCUT2D eigenvalue weighted by molar-refractivity contribution is -0.141. The van der Waals surface area contributed by atoms with E-state index in [1.54, 1.807) is 18.3 Å². The second-order valence-corrected chi connectivity index (χ2v) is 4.55. The van der Waals surface area contributed by atoms with Crippen LogP contribution < -0.4 is 4.90 Å². The molecule has 2 aromatic heterocycles. The highest BCUT2D eigenvalue weighted by atomic mass is 32.1. The first-order chi connectivity index (χ1) is 8.76. The minimum absolute atomic E-state index is 0.215. The Balaban J connectivity index is 2.26. The summed E-state index contributed by atoms with van der Waals surface area (Å²) < 4.78 is 4.97. The second kappa shape index (κ2) is 5.77. The molecule has 0 amide bonds. The number of likely N-dealkylation sites (N-methyl/N-ethyl adjacent to an activating group) is 1. The monoisotopic (exact) mass is 265 g/mol. The number of nitrogens with zero attached hydrogens (tertiary/aromatic N) is 3. The van der Waals surface area contributed by atoms with E-state index in [2.05, 4.69) is 9.97 Å². The lowest BCUT2D eigenvalue weighted by Gasteiger charge is -2.21. The molecule has 0 N–H and O–H groups in total. The van der Waals surface area contributed by atoms with E-state index in [-0.39, 0.29) is 12.5 Å². The van der Waals surface area contributed by atoms with Gasteiger partial charge < -0.3 is 9.64 Å². The Morgan fingerprint density at radius 3 is 3.00 bits per heavy atom. The van der Waals surface area contributed by atoms with Gasteiger partial charge in [0, 0.05) is 6.54 Å². The predicted octanol–water partition coefficient (Wildman–Crippen LogP) is 2.08. The van der Waals surface area contributed by atoms with Crippen molar-refractivity contribution in [3.8, 4) is 0 Å². The Hall–Kier alpha value is -1.69. The quantitative estimate of drug-likeness (QED) is 0.775. The molecule has 0 aromatic carbocycles. The van der Waals surface area contributed by atoms with Gasteiger partial charge >= 0.3 is 5.97 Å². The topological polar surface area (TPSA) is 55.3 Å². The van der Waals surface area contributed by atoms with Crippen molar-refractivity contribution in [1.29, 1.82) is 0 Å². The fourth-order valence-electron chi connectivity index (χ4n) is 1.73. The van der Waals surface area contributed by atoms with E-state index in [1.165, 1.54) is 6.33 Å². The summed E-state index contributed by atoms with van der Waals surface area (Å²) >= 11 is 1.56. The Labute approximate surface area is 109 Å². The van der Waals surface area contributed by atoms with Gasteiger partial charge in [-0.25, -0.2) is 9.97 Å². The van der Waals surface area contributed by atoms with Gasteiger partial charge in [-0.3, -0.25) is 4.79 Å². The highest BCUT2D eigenvalue weighted by molar-refractivity contribution is 7.16. The SMILES string of the molecule is CCOC(=O)CN(CC)c1ncnc2sccc12. The van der Waals surface area contributed by atoms with Crippen LogP contribution in [0.2, 0.25) is 0 Å². The molecule has 2 aromatic rings. The van der Waals surface area contributed by atoms with Crippen molar-refractivity contribution in [3.05, 3.63) is 17.8 Å². The summed E-state index contributed by atoms with van der Waals surface area (Å²) in [5, 5.41) is 2.95. The van der Waals surface area contributed by atoms with Gasteiger partial charge in [-0.15, -0.1) is 11.3 Å². The smallest absolute Gasteiger partial charge is 0.325 e. The number of anilines is 1. The third kappa shape index (κ3) is 2.59. The summed E-state index contributed by atoms with van der Waals surface area (Å²) in [6, 6.07) is 1.98. The van der Waals surface area contributed by atoms with Gasteiger partial charge in [0.25, 0.3) is 0 Å². The normalized spacial score (nSPS) is 10.6. The molecule has 5 nitrogen and oxygen atoms in total. The zero-order chi connectivity index (χ0) is 13.0. The summed E-state index contributed by atoms with van der Waals surface area (Å²) in [4.78, 5) is 22.9. The lowest BCUT2D eigenvalue weighted by Crippen LogP contribution is -2.31. The maximum absolute atomic E-state index is 11.6. The standard InChI is InChI=1S/C12H15N3O2S/c1-3-15(7-10(16)17-4-2)11-9-5-6-18-12(9)14-8-13-11/h5-6,8H,3-4,7H2,1-2H3. The van der Waals surface area contributed by atoms with Gasteiger partial charge in [0.1, 0.15) is 23.5 Å². The number of aromatic nitrogens is 2. The van der Waals surface area contributed by atoms with Crippen molar-refractivity contribution in [1.82, 2.24) is 9.97 Å². The third-order valence-electron chi connectivity index (χ3n) is 2.55. The number of rotatable bonds is 5. The molecule has 0 bridgehead atoms. The first-order valence-electron chi connectivity index (χ1n) is 5.85. The molecule has 0 aliphatic heterocycles. The van der Waals surface area contributed by atoms with Crippen LogP contribution in [0.15, 0.2) is 17.8 Å². The van der Waals surface area contributed by atoms with E-state index in [4.69, 9.17) is 4.74 Å². The van der Waals surface area contributed by atoms with Crippen LogP contribution in [0.3, 0.4) is 0 Å². The van der Waals surface area contributed by atoms with E-state index in [0.29, 0.717) is 13.2 Å². The van der Waals surface area contributed by atoms with Crippen LogP contribution in [0.5, 0.6) is 0 Å². The van der Waals surface area contributed by atoms with Crippen molar-refractivity contribution in [2.75, 3.05) is 24.6 Å². The number of carbonyl (C=O) groups is 1. The van der Waals surface area contributed by atoms with Gasteiger partial charge in [-0.1, -0.05) is 0 Å². The predicted molar refractivity (Wildman–Crippen MR) is 71.9 cm³/mol. The van der Waals surface area contributed by atoms with Crippen LogP contribution >= 0.6 is 11.3 Å². The molecule has 0 saturated carbocycles. The number of hydrogen-bond acceptors (Lipinski definition) is 6. The van der Waals surface area contributed by atoms with Crippen LogP contribution in [-0.2, 0) is 9.53 Å². The van der Waals surface area contributed by atoms with Crippen LogP contribution in [-0.4, -0.2) is 35.6 Å². The number of hydrogen-bond donors (Lipinski definition) is 0. The first kappa shape index (κ1) is 12.8. The van der Waals surface area contributed by atoms with Gasteiger partial charge in [-0.05, 0) is 25.3 Å².